The van der Waals surface area contributed by atoms with Crippen molar-refractivity contribution in [3.63, 3.8) is 0 Å². The maximum Gasteiger partial charge on any atom is 0.273 e. The third-order valence-electron chi connectivity index (χ3n) is 3.08. The highest BCUT2D eigenvalue weighted by Gasteiger charge is 2.23. The summed E-state index contributed by atoms with van der Waals surface area (Å²) in [5, 5.41) is 0. The second-order valence-corrected chi connectivity index (χ2v) is 7.79. The van der Waals surface area contributed by atoms with Crippen LogP contribution < -0.4 is 14.8 Å². The van der Waals surface area contributed by atoms with Crippen LogP contribution in [0.5, 0.6) is 5.75 Å². The molecule has 5 nitrogen and oxygen atoms in total. The Morgan fingerprint density at radius 1 is 1.19 bits per heavy atom. The molecule has 21 heavy (non-hydrogen) atoms. The standard InChI is InChI=1S/C14H18N2O3S2/c1-16(11-3-5-12(19-2)6-4-11)21(17,18)14-8-7-13(20-14)9-10-15/h3-8H,9-10,15H2,1-2H3. The molecule has 1 aromatic heterocycles. The lowest BCUT2D eigenvalue weighted by molar-refractivity contribution is 0.415. The van der Waals surface area contributed by atoms with Gasteiger partial charge in [0.15, 0.2) is 0 Å². The average molecular weight is 326 g/mol. The molecule has 0 spiro atoms. The highest BCUT2D eigenvalue weighted by Crippen LogP contribution is 2.28. The van der Waals surface area contributed by atoms with Gasteiger partial charge in [-0.3, -0.25) is 4.31 Å². The van der Waals surface area contributed by atoms with Crippen molar-refractivity contribution in [1.29, 1.82) is 0 Å². The molecule has 0 aliphatic rings. The Balaban J connectivity index is 2.28. The Bertz CT molecular complexity index is 693. The SMILES string of the molecule is COc1ccc(N(C)S(=O)(=O)c2ccc(CCN)s2)cc1. The largest absolute Gasteiger partial charge is 0.497 e. The Kier molecular flexibility index (Phi) is 4.87. The first-order valence-corrected chi connectivity index (χ1v) is 8.66. The minimum atomic E-state index is -3.54. The van der Waals surface area contributed by atoms with Crippen molar-refractivity contribution in [2.45, 2.75) is 10.6 Å². The zero-order valence-electron chi connectivity index (χ0n) is 11.9. The average Bonchev–Trinajstić information content (AvgIpc) is 2.96. The summed E-state index contributed by atoms with van der Waals surface area (Å²) in [6.07, 6.45) is 0.687. The predicted molar refractivity (Wildman–Crippen MR) is 85.7 cm³/mol. The molecule has 0 atom stereocenters. The highest BCUT2D eigenvalue weighted by molar-refractivity contribution is 7.94. The zero-order valence-corrected chi connectivity index (χ0v) is 13.6. The topological polar surface area (TPSA) is 72.6 Å². The number of thiophene rings is 1. The fourth-order valence-electron chi connectivity index (χ4n) is 1.84. The van der Waals surface area contributed by atoms with Crippen LogP contribution >= 0.6 is 11.3 Å². The summed E-state index contributed by atoms with van der Waals surface area (Å²) in [6.45, 7) is 0.508. The third kappa shape index (κ3) is 3.37. The Labute approximate surface area is 129 Å². The van der Waals surface area contributed by atoms with Gasteiger partial charge in [-0.05, 0) is 49.4 Å². The maximum absolute atomic E-state index is 12.6. The van der Waals surface area contributed by atoms with Gasteiger partial charge < -0.3 is 10.5 Å². The van der Waals surface area contributed by atoms with Crippen LogP contribution in [0.3, 0.4) is 0 Å². The van der Waals surface area contributed by atoms with Crippen molar-refractivity contribution in [1.82, 2.24) is 0 Å². The third-order valence-corrected chi connectivity index (χ3v) is 6.48. The first-order chi connectivity index (χ1) is 9.98. The summed E-state index contributed by atoms with van der Waals surface area (Å²) in [4.78, 5) is 0.971. The van der Waals surface area contributed by atoms with Crippen molar-refractivity contribution in [2.24, 2.45) is 5.73 Å². The molecule has 1 aromatic carbocycles. The predicted octanol–water partition coefficient (Wildman–Crippen LogP) is 2.08. The second kappa shape index (κ2) is 6.46. The molecule has 7 heteroatoms. The smallest absolute Gasteiger partial charge is 0.273 e. The fourth-order valence-corrected chi connectivity index (χ4v) is 4.58. The molecule has 0 aliphatic heterocycles. The van der Waals surface area contributed by atoms with Gasteiger partial charge in [-0.1, -0.05) is 0 Å². The van der Waals surface area contributed by atoms with E-state index in [4.69, 9.17) is 10.5 Å². The van der Waals surface area contributed by atoms with Gasteiger partial charge in [0.1, 0.15) is 9.96 Å². The number of hydrogen-bond donors (Lipinski definition) is 1. The van der Waals surface area contributed by atoms with Gasteiger partial charge in [-0.2, -0.15) is 0 Å². The van der Waals surface area contributed by atoms with Crippen LogP contribution in [-0.4, -0.2) is 29.1 Å². The van der Waals surface area contributed by atoms with Gasteiger partial charge in [0.05, 0.1) is 12.8 Å². The van der Waals surface area contributed by atoms with E-state index in [9.17, 15) is 8.42 Å². The number of sulfonamides is 1. The molecule has 114 valence electrons. The van der Waals surface area contributed by atoms with Gasteiger partial charge in [-0.25, -0.2) is 8.42 Å². The van der Waals surface area contributed by atoms with Gasteiger partial charge in [-0.15, -0.1) is 11.3 Å². The summed E-state index contributed by atoms with van der Waals surface area (Å²) in [6, 6.07) is 10.3. The number of nitrogens with two attached hydrogens (primary N) is 1. The fraction of sp³-hybridized carbons (Fsp3) is 0.286. The summed E-state index contributed by atoms with van der Waals surface area (Å²) in [5.41, 5.74) is 6.08. The van der Waals surface area contributed by atoms with Crippen LogP contribution in [0.4, 0.5) is 5.69 Å². The zero-order chi connectivity index (χ0) is 15.5. The molecule has 0 amide bonds. The molecule has 0 saturated heterocycles. The van der Waals surface area contributed by atoms with E-state index in [1.807, 2.05) is 6.07 Å². The number of hydrogen-bond acceptors (Lipinski definition) is 5. The van der Waals surface area contributed by atoms with E-state index in [1.165, 1.54) is 15.6 Å². The van der Waals surface area contributed by atoms with E-state index >= 15 is 0 Å². The summed E-state index contributed by atoms with van der Waals surface area (Å²) < 4.78 is 31.8. The van der Waals surface area contributed by atoms with Gasteiger partial charge in [0.25, 0.3) is 10.0 Å². The highest BCUT2D eigenvalue weighted by atomic mass is 32.2. The Morgan fingerprint density at radius 2 is 1.86 bits per heavy atom. The van der Waals surface area contributed by atoms with Gasteiger partial charge >= 0.3 is 0 Å². The van der Waals surface area contributed by atoms with Gasteiger partial charge in [0, 0.05) is 11.9 Å². The number of rotatable bonds is 6. The minimum absolute atomic E-state index is 0.323. The number of benzene rings is 1. The molecule has 0 saturated carbocycles. The van der Waals surface area contributed by atoms with E-state index in [0.717, 1.165) is 4.88 Å². The van der Waals surface area contributed by atoms with Crippen molar-refractivity contribution in [3.8, 4) is 5.75 Å². The van der Waals surface area contributed by atoms with Crippen LogP contribution in [-0.2, 0) is 16.4 Å². The van der Waals surface area contributed by atoms with E-state index in [2.05, 4.69) is 0 Å². The number of methoxy groups -OCH3 is 1. The lowest BCUT2D eigenvalue weighted by Crippen LogP contribution is -2.25. The summed E-state index contributed by atoms with van der Waals surface area (Å²) in [5.74, 6) is 0.686. The van der Waals surface area contributed by atoms with Crippen LogP contribution in [0.2, 0.25) is 0 Å². The first-order valence-electron chi connectivity index (χ1n) is 6.41. The molecule has 2 rings (SSSR count). The molecule has 0 aliphatic carbocycles. The van der Waals surface area contributed by atoms with Gasteiger partial charge in [0.2, 0.25) is 0 Å². The molecular weight excluding hydrogens is 308 g/mol. The maximum atomic E-state index is 12.6. The molecule has 1 heterocycles. The van der Waals surface area contributed by atoms with Crippen LogP contribution in [0.1, 0.15) is 4.88 Å². The lowest BCUT2D eigenvalue weighted by Gasteiger charge is -2.18. The summed E-state index contributed by atoms with van der Waals surface area (Å²) >= 11 is 1.26. The van der Waals surface area contributed by atoms with Crippen molar-refractivity contribution >= 4 is 27.0 Å². The monoisotopic (exact) mass is 326 g/mol. The van der Waals surface area contributed by atoms with Crippen molar-refractivity contribution in [2.75, 3.05) is 25.0 Å². The number of ether oxygens (including phenoxy) is 1. The quantitative estimate of drug-likeness (QED) is 0.882. The molecule has 2 N–H and O–H groups in total. The van der Waals surface area contributed by atoms with Crippen LogP contribution in [0, 0.1) is 0 Å². The van der Waals surface area contributed by atoms with Crippen molar-refractivity contribution < 1.29 is 13.2 Å². The molecule has 2 aromatic rings. The van der Waals surface area contributed by atoms with E-state index in [-0.39, 0.29) is 0 Å². The van der Waals surface area contributed by atoms with Crippen LogP contribution in [0.25, 0.3) is 0 Å². The molecule has 0 unspecified atom stereocenters. The van der Waals surface area contributed by atoms with E-state index in [1.54, 1.807) is 44.5 Å². The van der Waals surface area contributed by atoms with E-state index in [0.29, 0.717) is 28.6 Å². The van der Waals surface area contributed by atoms with Crippen LogP contribution in [0.15, 0.2) is 40.6 Å². The van der Waals surface area contributed by atoms with Crippen molar-refractivity contribution in [3.05, 3.63) is 41.3 Å². The summed E-state index contributed by atoms with van der Waals surface area (Å²) in [7, 11) is -0.428. The number of anilines is 1. The Morgan fingerprint density at radius 3 is 2.43 bits per heavy atom. The molecular formula is C14H18N2O3S2. The number of nitrogens with zero attached hydrogens (tertiary/aromatic N) is 1. The van der Waals surface area contributed by atoms with E-state index < -0.39 is 10.0 Å². The normalized spacial score (nSPS) is 11.4. The molecule has 0 fully saturated rings. The first kappa shape index (κ1) is 15.8. The molecule has 0 bridgehead atoms. The second-order valence-electron chi connectivity index (χ2n) is 4.43. The molecule has 0 radical (unpaired) electrons. The lowest BCUT2D eigenvalue weighted by atomic mass is 10.3. The minimum Gasteiger partial charge on any atom is -0.497 e. The Hall–Kier alpha value is -1.57.